The van der Waals surface area contributed by atoms with E-state index >= 15 is 0 Å². The molecule has 1 N–H and O–H groups in total. The molecule has 0 atom stereocenters. The molecule has 0 aliphatic rings. The highest BCUT2D eigenvalue weighted by atomic mass is 19.1. The Morgan fingerprint density at radius 3 is 2.50 bits per heavy atom. The first-order chi connectivity index (χ1) is 11.6. The summed E-state index contributed by atoms with van der Waals surface area (Å²) in [5, 5.41) is 2.88. The molecule has 0 radical (unpaired) electrons. The van der Waals surface area contributed by atoms with Gasteiger partial charge in [0.1, 0.15) is 5.82 Å². The number of halogens is 1. The average Bonchev–Trinajstić information content (AvgIpc) is 3.12. The fourth-order valence-corrected chi connectivity index (χ4v) is 2.41. The standard InChI is InChI=1S/C19H18FN3O/c1-22(14-15-7-9-16(20)10-8-15)19(24)21-17-5-4-6-18(13-17)23-11-2-3-12-23/h2-13H,14H2,1H3,(H,21,24). The molecule has 0 aliphatic heterocycles. The lowest BCUT2D eigenvalue weighted by molar-refractivity contribution is 0.220. The molecule has 0 fully saturated rings. The minimum Gasteiger partial charge on any atom is -0.324 e. The van der Waals surface area contributed by atoms with Crippen LogP contribution in [0.25, 0.3) is 5.69 Å². The number of aromatic nitrogens is 1. The van der Waals surface area contributed by atoms with Gasteiger partial charge >= 0.3 is 6.03 Å². The van der Waals surface area contributed by atoms with Crippen LogP contribution in [0.1, 0.15) is 5.56 Å². The van der Waals surface area contributed by atoms with E-state index in [9.17, 15) is 9.18 Å². The number of hydrogen-bond acceptors (Lipinski definition) is 1. The third kappa shape index (κ3) is 3.81. The molecule has 3 rings (SSSR count). The number of nitrogens with one attached hydrogen (secondary N) is 1. The smallest absolute Gasteiger partial charge is 0.321 e. The molecule has 2 aromatic carbocycles. The van der Waals surface area contributed by atoms with Crippen molar-refractivity contribution in [3.63, 3.8) is 0 Å². The molecule has 0 bridgehead atoms. The number of anilines is 1. The van der Waals surface area contributed by atoms with Crippen molar-refractivity contribution < 1.29 is 9.18 Å². The maximum absolute atomic E-state index is 12.9. The predicted molar refractivity (Wildman–Crippen MR) is 92.7 cm³/mol. The molecule has 24 heavy (non-hydrogen) atoms. The minimum absolute atomic E-state index is 0.219. The first kappa shape index (κ1) is 15.8. The molecule has 0 aliphatic carbocycles. The fourth-order valence-electron chi connectivity index (χ4n) is 2.41. The molecule has 5 heteroatoms. The van der Waals surface area contributed by atoms with Gasteiger partial charge in [-0.25, -0.2) is 9.18 Å². The second-order valence-corrected chi connectivity index (χ2v) is 5.55. The summed E-state index contributed by atoms with van der Waals surface area (Å²) < 4.78 is 14.9. The third-order valence-corrected chi connectivity index (χ3v) is 3.68. The lowest BCUT2D eigenvalue weighted by Crippen LogP contribution is -2.30. The van der Waals surface area contributed by atoms with Crippen LogP contribution >= 0.6 is 0 Å². The van der Waals surface area contributed by atoms with Gasteiger partial charge < -0.3 is 14.8 Å². The Labute approximate surface area is 140 Å². The van der Waals surface area contributed by atoms with Crippen LogP contribution < -0.4 is 5.32 Å². The van der Waals surface area contributed by atoms with Gasteiger partial charge in [-0.3, -0.25) is 0 Å². The van der Waals surface area contributed by atoms with Crippen LogP contribution in [0.4, 0.5) is 14.9 Å². The number of urea groups is 1. The Balaban J connectivity index is 1.66. The van der Waals surface area contributed by atoms with Gasteiger partial charge in [-0.1, -0.05) is 18.2 Å². The number of carbonyl (C=O) groups excluding carboxylic acids is 1. The van der Waals surface area contributed by atoms with Gasteiger partial charge in [0, 0.05) is 37.4 Å². The van der Waals surface area contributed by atoms with E-state index in [0.29, 0.717) is 6.54 Å². The highest BCUT2D eigenvalue weighted by Gasteiger charge is 2.10. The zero-order valence-electron chi connectivity index (χ0n) is 13.3. The molecular formula is C19H18FN3O. The van der Waals surface area contributed by atoms with Crippen LogP contribution in [0.3, 0.4) is 0 Å². The van der Waals surface area contributed by atoms with E-state index < -0.39 is 0 Å². The SMILES string of the molecule is CN(Cc1ccc(F)cc1)C(=O)Nc1cccc(-n2cccc2)c1. The van der Waals surface area contributed by atoms with E-state index in [1.807, 2.05) is 53.4 Å². The largest absolute Gasteiger partial charge is 0.324 e. The van der Waals surface area contributed by atoms with E-state index in [4.69, 9.17) is 0 Å². The fraction of sp³-hybridized carbons (Fsp3) is 0.105. The number of rotatable bonds is 4. The Kier molecular flexibility index (Phi) is 4.61. The average molecular weight is 323 g/mol. The minimum atomic E-state index is -0.285. The highest BCUT2D eigenvalue weighted by Crippen LogP contribution is 2.15. The van der Waals surface area contributed by atoms with Gasteiger partial charge in [0.15, 0.2) is 0 Å². The molecular weight excluding hydrogens is 305 g/mol. The van der Waals surface area contributed by atoms with E-state index in [0.717, 1.165) is 16.9 Å². The molecule has 1 heterocycles. The van der Waals surface area contributed by atoms with Crippen molar-refractivity contribution in [3.8, 4) is 5.69 Å². The van der Waals surface area contributed by atoms with E-state index in [-0.39, 0.29) is 11.8 Å². The van der Waals surface area contributed by atoms with E-state index in [1.165, 1.54) is 12.1 Å². The van der Waals surface area contributed by atoms with Gasteiger partial charge in [0.2, 0.25) is 0 Å². The summed E-state index contributed by atoms with van der Waals surface area (Å²) in [6, 6.07) is 17.4. The number of benzene rings is 2. The van der Waals surface area contributed by atoms with Crippen molar-refractivity contribution in [2.45, 2.75) is 6.54 Å². The van der Waals surface area contributed by atoms with Crippen molar-refractivity contribution in [2.24, 2.45) is 0 Å². The number of carbonyl (C=O) groups is 1. The van der Waals surface area contributed by atoms with Crippen LogP contribution in [-0.4, -0.2) is 22.5 Å². The van der Waals surface area contributed by atoms with Gasteiger partial charge in [-0.15, -0.1) is 0 Å². The van der Waals surface area contributed by atoms with Gasteiger partial charge in [-0.2, -0.15) is 0 Å². The van der Waals surface area contributed by atoms with Gasteiger partial charge in [0.25, 0.3) is 0 Å². The summed E-state index contributed by atoms with van der Waals surface area (Å²) in [7, 11) is 1.70. The van der Waals surface area contributed by atoms with Crippen LogP contribution in [0.2, 0.25) is 0 Å². The van der Waals surface area contributed by atoms with Crippen molar-refractivity contribution in [3.05, 3.63) is 84.4 Å². The summed E-state index contributed by atoms with van der Waals surface area (Å²) in [5.74, 6) is -0.285. The zero-order chi connectivity index (χ0) is 16.9. The van der Waals surface area contributed by atoms with Crippen molar-refractivity contribution in [2.75, 3.05) is 12.4 Å². The highest BCUT2D eigenvalue weighted by molar-refractivity contribution is 5.89. The van der Waals surface area contributed by atoms with Gasteiger partial charge in [-0.05, 0) is 48.0 Å². The first-order valence-corrected chi connectivity index (χ1v) is 7.62. The number of nitrogens with zero attached hydrogens (tertiary/aromatic N) is 2. The Hall–Kier alpha value is -3.08. The molecule has 3 aromatic rings. The van der Waals surface area contributed by atoms with Crippen LogP contribution in [0.15, 0.2) is 73.1 Å². The summed E-state index contributed by atoms with van der Waals surface area (Å²) in [6.07, 6.45) is 3.89. The Bertz CT molecular complexity index is 813. The van der Waals surface area contributed by atoms with Gasteiger partial charge in [0.05, 0.1) is 0 Å². The summed E-state index contributed by atoms with van der Waals surface area (Å²) in [4.78, 5) is 13.9. The van der Waals surface area contributed by atoms with Crippen molar-refractivity contribution >= 4 is 11.7 Å². The van der Waals surface area contributed by atoms with Crippen LogP contribution in [0, 0.1) is 5.82 Å². The van der Waals surface area contributed by atoms with Crippen LogP contribution in [-0.2, 0) is 6.54 Å². The monoisotopic (exact) mass is 323 g/mol. The van der Waals surface area contributed by atoms with E-state index in [2.05, 4.69) is 5.32 Å². The molecule has 0 spiro atoms. The third-order valence-electron chi connectivity index (χ3n) is 3.68. The molecule has 0 unspecified atom stereocenters. The first-order valence-electron chi connectivity index (χ1n) is 7.62. The summed E-state index contributed by atoms with van der Waals surface area (Å²) in [5.41, 5.74) is 2.56. The molecule has 1 aromatic heterocycles. The summed E-state index contributed by atoms with van der Waals surface area (Å²) >= 11 is 0. The molecule has 2 amide bonds. The topological polar surface area (TPSA) is 37.3 Å². The zero-order valence-corrected chi connectivity index (χ0v) is 13.3. The summed E-state index contributed by atoms with van der Waals surface area (Å²) in [6.45, 7) is 0.406. The lowest BCUT2D eigenvalue weighted by atomic mass is 10.2. The quantitative estimate of drug-likeness (QED) is 0.764. The molecule has 0 saturated heterocycles. The van der Waals surface area contributed by atoms with E-state index in [1.54, 1.807) is 24.1 Å². The molecule has 4 nitrogen and oxygen atoms in total. The Morgan fingerprint density at radius 2 is 1.79 bits per heavy atom. The molecule has 0 saturated carbocycles. The number of amides is 2. The van der Waals surface area contributed by atoms with Crippen molar-refractivity contribution in [1.82, 2.24) is 9.47 Å². The maximum Gasteiger partial charge on any atom is 0.321 e. The second-order valence-electron chi connectivity index (χ2n) is 5.55. The second kappa shape index (κ2) is 7.00. The number of hydrogen-bond donors (Lipinski definition) is 1. The maximum atomic E-state index is 12.9. The Morgan fingerprint density at radius 1 is 1.08 bits per heavy atom. The predicted octanol–water partition coefficient (Wildman–Crippen LogP) is 4.28. The van der Waals surface area contributed by atoms with Crippen LogP contribution in [0.5, 0.6) is 0 Å². The lowest BCUT2D eigenvalue weighted by Gasteiger charge is -2.18. The molecule has 122 valence electrons. The normalized spacial score (nSPS) is 10.4. The van der Waals surface area contributed by atoms with Crippen molar-refractivity contribution in [1.29, 1.82) is 0 Å².